The molecule has 1 saturated heterocycles. The highest BCUT2D eigenvalue weighted by Gasteiger charge is 2.35. The van der Waals surface area contributed by atoms with Crippen molar-refractivity contribution < 1.29 is 13.2 Å². The molecule has 0 saturated carbocycles. The predicted molar refractivity (Wildman–Crippen MR) is 70.7 cm³/mol. The van der Waals surface area contributed by atoms with E-state index in [-0.39, 0.29) is 17.0 Å². The van der Waals surface area contributed by atoms with E-state index in [0.29, 0.717) is 11.1 Å². The van der Waals surface area contributed by atoms with Crippen molar-refractivity contribution in [2.45, 2.75) is 30.4 Å². The van der Waals surface area contributed by atoms with Gasteiger partial charge < -0.3 is 4.74 Å². The van der Waals surface area contributed by atoms with Crippen LogP contribution in [0.1, 0.15) is 13.3 Å². The molecule has 2 rings (SSSR count). The first-order valence-corrected chi connectivity index (χ1v) is 7.86. The van der Waals surface area contributed by atoms with E-state index < -0.39 is 10.0 Å². The number of ether oxygens (including phenoxy) is 1. The average Bonchev–Trinajstić information content (AvgIpc) is 2.74. The number of hydrogen-bond acceptors (Lipinski definition) is 4. The SMILES string of the molecule is CC1OCCC1N(C)S(=O)(=O)c1cncc(Br)c1. The highest BCUT2D eigenvalue weighted by atomic mass is 79.9. The summed E-state index contributed by atoms with van der Waals surface area (Å²) in [6, 6.07) is 1.44. The Bertz CT molecular complexity index is 535. The van der Waals surface area contributed by atoms with Gasteiger partial charge in [-0.1, -0.05) is 0 Å². The monoisotopic (exact) mass is 334 g/mol. The molecule has 2 atom stereocenters. The van der Waals surface area contributed by atoms with Crippen LogP contribution in [0.2, 0.25) is 0 Å². The molecular weight excluding hydrogens is 320 g/mol. The van der Waals surface area contributed by atoms with E-state index in [4.69, 9.17) is 4.74 Å². The van der Waals surface area contributed by atoms with Crippen molar-refractivity contribution in [1.82, 2.24) is 9.29 Å². The van der Waals surface area contributed by atoms with Crippen LogP contribution in [0.4, 0.5) is 0 Å². The van der Waals surface area contributed by atoms with Crippen molar-refractivity contribution in [3.05, 3.63) is 22.9 Å². The lowest BCUT2D eigenvalue weighted by Crippen LogP contribution is -2.40. The zero-order valence-electron chi connectivity index (χ0n) is 10.2. The van der Waals surface area contributed by atoms with Gasteiger partial charge in [-0.2, -0.15) is 4.31 Å². The zero-order chi connectivity index (χ0) is 13.3. The Balaban J connectivity index is 2.31. The Morgan fingerprint density at radius 1 is 1.50 bits per heavy atom. The van der Waals surface area contributed by atoms with Crippen LogP contribution in [0.25, 0.3) is 0 Å². The number of aromatic nitrogens is 1. The quantitative estimate of drug-likeness (QED) is 0.843. The molecule has 7 heteroatoms. The molecule has 0 spiro atoms. The Morgan fingerprint density at radius 3 is 2.78 bits per heavy atom. The molecule has 0 radical (unpaired) electrons. The number of hydrogen-bond donors (Lipinski definition) is 0. The minimum Gasteiger partial charge on any atom is -0.377 e. The number of pyridine rings is 1. The van der Waals surface area contributed by atoms with E-state index in [1.807, 2.05) is 6.92 Å². The molecule has 0 amide bonds. The Kier molecular flexibility index (Phi) is 4.05. The topological polar surface area (TPSA) is 59.5 Å². The van der Waals surface area contributed by atoms with Gasteiger partial charge in [-0.05, 0) is 35.3 Å². The second kappa shape index (κ2) is 5.24. The van der Waals surface area contributed by atoms with E-state index in [1.54, 1.807) is 19.3 Å². The molecule has 1 aromatic heterocycles. The van der Waals surface area contributed by atoms with Crippen LogP contribution in [-0.4, -0.2) is 43.5 Å². The minimum atomic E-state index is -3.52. The number of halogens is 1. The van der Waals surface area contributed by atoms with E-state index in [9.17, 15) is 8.42 Å². The average molecular weight is 335 g/mol. The summed E-state index contributed by atoms with van der Waals surface area (Å²) in [6.07, 6.45) is 3.56. The van der Waals surface area contributed by atoms with Gasteiger partial charge in [0.25, 0.3) is 0 Å². The smallest absolute Gasteiger partial charge is 0.244 e. The van der Waals surface area contributed by atoms with Crippen molar-refractivity contribution in [2.24, 2.45) is 0 Å². The fraction of sp³-hybridized carbons (Fsp3) is 0.545. The largest absolute Gasteiger partial charge is 0.377 e. The Hall–Kier alpha value is -0.500. The molecule has 1 fully saturated rings. The molecule has 1 aliphatic rings. The van der Waals surface area contributed by atoms with Crippen LogP contribution in [-0.2, 0) is 14.8 Å². The van der Waals surface area contributed by atoms with Gasteiger partial charge in [0.05, 0.1) is 12.1 Å². The fourth-order valence-electron chi connectivity index (χ4n) is 2.08. The summed E-state index contributed by atoms with van der Waals surface area (Å²) in [5.74, 6) is 0. The highest BCUT2D eigenvalue weighted by Crippen LogP contribution is 2.25. The molecule has 0 aliphatic carbocycles. The molecule has 2 heterocycles. The van der Waals surface area contributed by atoms with Crippen LogP contribution < -0.4 is 0 Å². The lowest BCUT2D eigenvalue weighted by Gasteiger charge is -2.25. The van der Waals surface area contributed by atoms with Crippen LogP contribution in [0, 0.1) is 0 Å². The molecule has 18 heavy (non-hydrogen) atoms. The molecule has 100 valence electrons. The Labute approximate surface area is 115 Å². The zero-order valence-corrected chi connectivity index (χ0v) is 12.6. The number of likely N-dealkylation sites (N-methyl/N-ethyl adjacent to an activating group) is 1. The van der Waals surface area contributed by atoms with Gasteiger partial charge in [0.15, 0.2) is 0 Å². The third-order valence-corrected chi connectivity index (χ3v) is 5.44. The maximum atomic E-state index is 12.4. The maximum Gasteiger partial charge on any atom is 0.244 e. The van der Waals surface area contributed by atoms with E-state index in [0.717, 1.165) is 6.42 Å². The molecule has 1 aromatic rings. The summed E-state index contributed by atoms with van der Waals surface area (Å²) in [4.78, 5) is 4.09. The Morgan fingerprint density at radius 2 is 2.22 bits per heavy atom. The summed E-state index contributed by atoms with van der Waals surface area (Å²) in [5, 5.41) is 0. The summed E-state index contributed by atoms with van der Waals surface area (Å²) in [7, 11) is -1.93. The van der Waals surface area contributed by atoms with Gasteiger partial charge in [-0.3, -0.25) is 4.98 Å². The third kappa shape index (κ3) is 2.59. The summed E-state index contributed by atoms with van der Waals surface area (Å²) in [5.41, 5.74) is 0. The van der Waals surface area contributed by atoms with Crippen LogP contribution in [0.3, 0.4) is 0 Å². The van der Waals surface area contributed by atoms with Crippen molar-refractivity contribution in [1.29, 1.82) is 0 Å². The first-order chi connectivity index (χ1) is 8.43. The van der Waals surface area contributed by atoms with Crippen molar-refractivity contribution in [3.8, 4) is 0 Å². The highest BCUT2D eigenvalue weighted by molar-refractivity contribution is 9.10. The van der Waals surface area contributed by atoms with Crippen LogP contribution in [0.15, 0.2) is 27.8 Å². The molecule has 5 nitrogen and oxygen atoms in total. The molecule has 0 aromatic carbocycles. The standard InChI is InChI=1S/C11H15BrN2O3S/c1-8-11(3-4-17-8)14(2)18(15,16)10-5-9(12)6-13-7-10/h5-8,11H,3-4H2,1-2H3. The predicted octanol–water partition coefficient (Wildman–Crippen LogP) is 1.64. The van der Waals surface area contributed by atoms with Crippen molar-refractivity contribution in [3.63, 3.8) is 0 Å². The van der Waals surface area contributed by atoms with Gasteiger partial charge in [0.2, 0.25) is 10.0 Å². The van der Waals surface area contributed by atoms with Gasteiger partial charge in [-0.25, -0.2) is 8.42 Å². The number of sulfonamides is 1. The van der Waals surface area contributed by atoms with Gasteiger partial charge in [0.1, 0.15) is 4.90 Å². The maximum absolute atomic E-state index is 12.4. The summed E-state index contributed by atoms with van der Waals surface area (Å²) in [6.45, 7) is 2.49. The first-order valence-electron chi connectivity index (χ1n) is 5.63. The van der Waals surface area contributed by atoms with Crippen LogP contribution in [0.5, 0.6) is 0 Å². The van der Waals surface area contributed by atoms with E-state index >= 15 is 0 Å². The van der Waals surface area contributed by atoms with Gasteiger partial charge in [0, 0.05) is 30.5 Å². The van der Waals surface area contributed by atoms with E-state index in [1.165, 1.54) is 10.5 Å². The summed E-state index contributed by atoms with van der Waals surface area (Å²) >= 11 is 3.23. The third-order valence-electron chi connectivity index (χ3n) is 3.16. The lowest BCUT2D eigenvalue weighted by atomic mass is 10.2. The lowest BCUT2D eigenvalue weighted by molar-refractivity contribution is 0.102. The van der Waals surface area contributed by atoms with Crippen LogP contribution >= 0.6 is 15.9 Å². The molecule has 2 unspecified atom stereocenters. The number of rotatable bonds is 3. The number of nitrogens with zero attached hydrogens (tertiary/aromatic N) is 2. The molecular formula is C11H15BrN2O3S. The molecule has 0 N–H and O–H groups in total. The van der Waals surface area contributed by atoms with Gasteiger partial charge in [-0.15, -0.1) is 0 Å². The molecule has 1 aliphatic heterocycles. The minimum absolute atomic E-state index is 0.0788. The second-order valence-electron chi connectivity index (χ2n) is 4.29. The normalized spacial score (nSPS) is 24.7. The van der Waals surface area contributed by atoms with E-state index in [2.05, 4.69) is 20.9 Å². The van der Waals surface area contributed by atoms with Gasteiger partial charge >= 0.3 is 0 Å². The van der Waals surface area contributed by atoms with Crippen molar-refractivity contribution in [2.75, 3.05) is 13.7 Å². The fourth-order valence-corrected chi connectivity index (χ4v) is 4.03. The molecule has 0 bridgehead atoms. The van der Waals surface area contributed by atoms with Crippen molar-refractivity contribution >= 4 is 26.0 Å². The first kappa shape index (κ1) is 13.9. The summed E-state index contributed by atoms with van der Waals surface area (Å²) < 4.78 is 32.3. The second-order valence-corrected chi connectivity index (χ2v) is 7.21.